The number of amides is 1. The summed E-state index contributed by atoms with van der Waals surface area (Å²) in [6.45, 7) is 4.33. The summed E-state index contributed by atoms with van der Waals surface area (Å²) in [5, 5.41) is 1.16. The molecule has 5 rings (SSSR count). The first-order valence-electron chi connectivity index (χ1n) is 11.2. The number of rotatable bonds is 4. The lowest BCUT2D eigenvalue weighted by Crippen LogP contribution is -2.45. The number of pyridine rings is 1. The number of nitrogens with zero attached hydrogens (tertiary/aromatic N) is 2. The van der Waals surface area contributed by atoms with Crippen molar-refractivity contribution in [1.82, 2.24) is 9.88 Å². The highest BCUT2D eigenvalue weighted by Gasteiger charge is 2.31. The molecule has 3 aromatic rings. The number of ether oxygens (including phenoxy) is 2. The van der Waals surface area contributed by atoms with E-state index < -0.39 is 0 Å². The van der Waals surface area contributed by atoms with Crippen LogP contribution in [0.4, 0.5) is 0 Å². The second-order valence-electron chi connectivity index (χ2n) is 8.53. The summed E-state index contributed by atoms with van der Waals surface area (Å²) in [7, 11) is 0. The average molecular weight is 417 g/mol. The molecule has 1 atom stereocenters. The van der Waals surface area contributed by atoms with Crippen LogP contribution in [0.3, 0.4) is 0 Å². The fraction of sp³-hybridized carbons (Fsp3) is 0.385. The minimum Gasteiger partial charge on any atom is -0.490 e. The van der Waals surface area contributed by atoms with E-state index in [-0.39, 0.29) is 18.1 Å². The van der Waals surface area contributed by atoms with Gasteiger partial charge in [0.15, 0.2) is 0 Å². The highest BCUT2D eigenvalue weighted by molar-refractivity contribution is 5.86. The molecule has 2 saturated heterocycles. The van der Waals surface area contributed by atoms with E-state index in [1.165, 1.54) is 11.1 Å². The molecule has 2 aliphatic rings. The normalized spacial score (nSPS) is 19.6. The Morgan fingerprint density at radius 3 is 2.65 bits per heavy atom. The topological polar surface area (TPSA) is 51.7 Å². The summed E-state index contributed by atoms with van der Waals surface area (Å²) in [6.07, 6.45) is 5.31. The first kappa shape index (κ1) is 20.0. The lowest BCUT2D eigenvalue weighted by molar-refractivity contribution is -0.142. The number of aromatic nitrogens is 1. The SMILES string of the molecule is Cc1cc2cccnc2cc1-c1ccc(OC2CCN(C(=O)[C@@H]3CCCO3)CC2)cc1. The minimum atomic E-state index is -0.223. The standard InChI is InChI=1S/C26H28N2O3/c1-18-16-20-4-2-12-27-24(20)17-23(18)19-6-8-21(9-7-19)31-22-10-13-28(14-11-22)26(29)25-5-3-15-30-25/h2,4,6-9,12,16-17,22,25H,3,5,10-11,13-15H2,1H3/t25-/m0/s1. The van der Waals surface area contributed by atoms with E-state index in [4.69, 9.17) is 9.47 Å². The lowest BCUT2D eigenvalue weighted by Gasteiger charge is -2.33. The first-order valence-corrected chi connectivity index (χ1v) is 11.2. The van der Waals surface area contributed by atoms with Gasteiger partial charge in [-0.15, -0.1) is 0 Å². The molecule has 2 aromatic carbocycles. The van der Waals surface area contributed by atoms with Crippen molar-refractivity contribution >= 4 is 16.8 Å². The van der Waals surface area contributed by atoms with Crippen molar-refractivity contribution in [2.24, 2.45) is 0 Å². The molecule has 3 heterocycles. The lowest BCUT2D eigenvalue weighted by atomic mass is 9.98. The summed E-state index contributed by atoms with van der Waals surface area (Å²) in [5.41, 5.74) is 4.60. The summed E-state index contributed by atoms with van der Waals surface area (Å²) in [5.74, 6) is 1.03. The molecule has 2 aliphatic heterocycles. The molecule has 0 aliphatic carbocycles. The van der Waals surface area contributed by atoms with Crippen LogP contribution < -0.4 is 4.74 Å². The van der Waals surface area contributed by atoms with Crippen molar-refractivity contribution in [2.75, 3.05) is 19.7 Å². The molecule has 31 heavy (non-hydrogen) atoms. The molecule has 0 saturated carbocycles. The van der Waals surface area contributed by atoms with Crippen molar-refractivity contribution in [3.8, 4) is 16.9 Å². The monoisotopic (exact) mass is 416 g/mol. The second kappa shape index (κ2) is 8.67. The van der Waals surface area contributed by atoms with Gasteiger partial charge >= 0.3 is 0 Å². The maximum Gasteiger partial charge on any atom is 0.251 e. The number of fused-ring (bicyclic) bond motifs is 1. The number of hydrogen-bond acceptors (Lipinski definition) is 4. The Balaban J connectivity index is 1.21. The van der Waals surface area contributed by atoms with Crippen molar-refractivity contribution in [3.63, 3.8) is 0 Å². The van der Waals surface area contributed by atoms with E-state index >= 15 is 0 Å². The Labute approximate surface area is 183 Å². The number of aryl methyl sites for hydroxylation is 1. The third-order valence-electron chi connectivity index (χ3n) is 6.38. The maximum absolute atomic E-state index is 12.5. The number of carbonyl (C=O) groups excluding carboxylic acids is 1. The predicted octanol–water partition coefficient (Wildman–Crippen LogP) is 4.76. The van der Waals surface area contributed by atoms with Crippen molar-refractivity contribution in [1.29, 1.82) is 0 Å². The quantitative estimate of drug-likeness (QED) is 0.615. The van der Waals surface area contributed by atoms with Crippen molar-refractivity contribution in [3.05, 3.63) is 60.3 Å². The Morgan fingerprint density at radius 2 is 1.90 bits per heavy atom. The van der Waals surface area contributed by atoms with Gasteiger partial charge < -0.3 is 14.4 Å². The molecule has 0 unspecified atom stereocenters. The van der Waals surface area contributed by atoms with Crippen molar-refractivity contribution < 1.29 is 14.3 Å². The summed E-state index contributed by atoms with van der Waals surface area (Å²) < 4.78 is 11.8. The van der Waals surface area contributed by atoms with Gasteiger partial charge in [-0.05, 0) is 66.8 Å². The molecule has 0 bridgehead atoms. The molecule has 5 heteroatoms. The van der Waals surface area contributed by atoms with Crippen LogP contribution in [-0.4, -0.2) is 47.7 Å². The van der Waals surface area contributed by atoms with Crippen molar-refractivity contribution in [2.45, 2.75) is 44.8 Å². The average Bonchev–Trinajstić information content (AvgIpc) is 3.34. The van der Waals surface area contributed by atoms with Crippen LogP contribution in [-0.2, 0) is 9.53 Å². The molecule has 0 N–H and O–H groups in total. The summed E-state index contributed by atoms with van der Waals surface area (Å²) >= 11 is 0. The molecule has 0 radical (unpaired) electrons. The van der Waals surface area contributed by atoms with Gasteiger partial charge in [-0.25, -0.2) is 0 Å². The molecule has 1 amide bonds. The number of hydrogen-bond donors (Lipinski definition) is 0. The van der Waals surface area contributed by atoms with E-state index in [2.05, 4.69) is 42.2 Å². The highest BCUT2D eigenvalue weighted by Crippen LogP contribution is 2.30. The third-order valence-corrected chi connectivity index (χ3v) is 6.38. The fourth-order valence-corrected chi connectivity index (χ4v) is 4.62. The highest BCUT2D eigenvalue weighted by atomic mass is 16.5. The maximum atomic E-state index is 12.5. The van der Waals surface area contributed by atoms with Gasteiger partial charge in [0, 0.05) is 44.1 Å². The van der Waals surface area contributed by atoms with Gasteiger partial charge in [0.25, 0.3) is 5.91 Å². The molecule has 5 nitrogen and oxygen atoms in total. The zero-order valence-corrected chi connectivity index (χ0v) is 17.9. The number of likely N-dealkylation sites (tertiary alicyclic amines) is 1. The fourth-order valence-electron chi connectivity index (χ4n) is 4.62. The van der Waals surface area contributed by atoms with Crippen LogP contribution in [0, 0.1) is 6.92 Å². The zero-order valence-electron chi connectivity index (χ0n) is 17.9. The number of carbonyl (C=O) groups is 1. The van der Waals surface area contributed by atoms with Crippen LogP contribution >= 0.6 is 0 Å². The van der Waals surface area contributed by atoms with Gasteiger partial charge in [-0.2, -0.15) is 0 Å². The minimum absolute atomic E-state index is 0.144. The second-order valence-corrected chi connectivity index (χ2v) is 8.53. The third kappa shape index (κ3) is 4.28. The Hall–Kier alpha value is -2.92. The summed E-state index contributed by atoms with van der Waals surface area (Å²) in [6, 6.07) is 16.7. The Bertz CT molecular complexity index is 1070. The molecule has 2 fully saturated rings. The molecular formula is C26H28N2O3. The van der Waals surface area contributed by atoms with Gasteiger partial charge in [0.1, 0.15) is 18.0 Å². The Morgan fingerprint density at radius 1 is 1.10 bits per heavy atom. The van der Waals surface area contributed by atoms with Gasteiger partial charge in [-0.1, -0.05) is 18.2 Å². The number of benzene rings is 2. The van der Waals surface area contributed by atoms with Crippen LogP contribution in [0.15, 0.2) is 54.7 Å². The van der Waals surface area contributed by atoms with E-state index in [9.17, 15) is 4.79 Å². The van der Waals surface area contributed by atoms with E-state index in [0.29, 0.717) is 6.61 Å². The predicted molar refractivity (Wildman–Crippen MR) is 121 cm³/mol. The smallest absolute Gasteiger partial charge is 0.251 e. The van der Waals surface area contributed by atoms with E-state index in [1.807, 2.05) is 29.3 Å². The molecule has 160 valence electrons. The molecular weight excluding hydrogens is 388 g/mol. The van der Waals surface area contributed by atoms with Gasteiger partial charge in [-0.3, -0.25) is 9.78 Å². The first-order chi connectivity index (χ1) is 15.2. The summed E-state index contributed by atoms with van der Waals surface area (Å²) in [4.78, 5) is 18.9. The van der Waals surface area contributed by atoms with Gasteiger partial charge in [0.2, 0.25) is 0 Å². The van der Waals surface area contributed by atoms with Gasteiger partial charge in [0.05, 0.1) is 5.52 Å². The Kier molecular flexibility index (Phi) is 5.60. The van der Waals surface area contributed by atoms with E-state index in [0.717, 1.165) is 61.0 Å². The number of piperidine rings is 1. The van der Waals surface area contributed by atoms with Crippen LogP contribution in [0.2, 0.25) is 0 Å². The molecule has 0 spiro atoms. The van der Waals surface area contributed by atoms with Crippen LogP contribution in [0.1, 0.15) is 31.2 Å². The van der Waals surface area contributed by atoms with E-state index in [1.54, 1.807) is 0 Å². The van der Waals surface area contributed by atoms with Crippen LogP contribution in [0.25, 0.3) is 22.0 Å². The van der Waals surface area contributed by atoms with Crippen LogP contribution in [0.5, 0.6) is 5.75 Å². The molecule has 1 aromatic heterocycles. The zero-order chi connectivity index (χ0) is 21.2. The largest absolute Gasteiger partial charge is 0.490 e.